The van der Waals surface area contributed by atoms with Crippen LogP contribution in [0.4, 0.5) is 23.8 Å². The minimum Gasteiger partial charge on any atom is -0.354 e. The van der Waals surface area contributed by atoms with Gasteiger partial charge in [0.25, 0.3) is 5.91 Å². The van der Waals surface area contributed by atoms with Gasteiger partial charge >= 0.3 is 12.2 Å². The van der Waals surface area contributed by atoms with Crippen LogP contribution in [-0.2, 0) is 16.5 Å². The lowest BCUT2D eigenvalue weighted by atomic mass is 9.90. The Morgan fingerprint density at radius 2 is 1.69 bits per heavy atom. The summed E-state index contributed by atoms with van der Waals surface area (Å²) in [6.07, 6.45) is -3.59. The van der Waals surface area contributed by atoms with Gasteiger partial charge in [-0.25, -0.2) is 14.7 Å². The number of nitrogens with zero attached hydrogens (tertiary/aromatic N) is 4. The maximum absolute atomic E-state index is 13.4. The number of fused-ring (bicyclic) bond motifs is 1. The molecule has 5 rings (SSSR count). The minimum absolute atomic E-state index is 0.141. The first kappa shape index (κ1) is 23.1. The molecule has 1 N–H and O–H groups in total. The Bertz CT molecular complexity index is 1270. The molecule has 3 heterocycles. The SMILES string of the molecule is C[C@@]1(c2ccc3ccccc3c2)NC(=O)N(CN2CCN(c3ccc(C(F)(F)F)cn3)CC2)C1=O. The highest BCUT2D eigenvalue weighted by Gasteiger charge is 2.49. The molecule has 10 heteroatoms. The molecule has 2 aliphatic heterocycles. The molecule has 0 bridgehead atoms. The van der Waals surface area contributed by atoms with Crippen LogP contribution in [0, 0.1) is 0 Å². The van der Waals surface area contributed by atoms with Gasteiger partial charge in [-0.2, -0.15) is 13.2 Å². The second-order valence-electron chi connectivity index (χ2n) is 9.00. The lowest BCUT2D eigenvalue weighted by Crippen LogP contribution is -2.51. The van der Waals surface area contributed by atoms with Gasteiger partial charge in [-0.3, -0.25) is 9.69 Å². The molecule has 1 aromatic heterocycles. The first-order valence-electron chi connectivity index (χ1n) is 11.3. The van der Waals surface area contributed by atoms with E-state index >= 15 is 0 Å². The van der Waals surface area contributed by atoms with E-state index in [-0.39, 0.29) is 12.6 Å². The Kier molecular flexibility index (Phi) is 5.63. The van der Waals surface area contributed by atoms with E-state index in [9.17, 15) is 22.8 Å². The fraction of sp³-hybridized carbons (Fsp3) is 0.320. The van der Waals surface area contributed by atoms with Crippen LogP contribution in [0.5, 0.6) is 0 Å². The van der Waals surface area contributed by atoms with Crippen LogP contribution in [0.2, 0.25) is 0 Å². The maximum atomic E-state index is 13.4. The first-order chi connectivity index (χ1) is 16.6. The van der Waals surface area contributed by atoms with Crippen LogP contribution < -0.4 is 10.2 Å². The number of alkyl halides is 3. The minimum atomic E-state index is -4.42. The first-order valence-corrected chi connectivity index (χ1v) is 11.3. The van der Waals surface area contributed by atoms with E-state index in [1.165, 1.54) is 11.0 Å². The number of halogens is 3. The monoisotopic (exact) mass is 483 g/mol. The number of piperazine rings is 1. The van der Waals surface area contributed by atoms with Gasteiger partial charge in [-0.15, -0.1) is 0 Å². The smallest absolute Gasteiger partial charge is 0.354 e. The molecular weight excluding hydrogens is 459 g/mol. The van der Waals surface area contributed by atoms with E-state index < -0.39 is 23.3 Å². The molecule has 0 aliphatic carbocycles. The number of hydrogen-bond donors (Lipinski definition) is 1. The number of pyridine rings is 1. The van der Waals surface area contributed by atoms with Crippen molar-refractivity contribution in [2.24, 2.45) is 0 Å². The molecule has 1 atom stereocenters. The molecule has 7 nitrogen and oxygen atoms in total. The zero-order valence-electron chi connectivity index (χ0n) is 19.0. The fourth-order valence-corrected chi connectivity index (χ4v) is 4.58. The number of rotatable bonds is 4. The molecule has 182 valence electrons. The zero-order valence-corrected chi connectivity index (χ0v) is 19.0. The van der Waals surface area contributed by atoms with Gasteiger partial charge < -0.3 is 10.2 Å². The number of aromatic nitrogens is 1. The van der Waals surface area contributed by atoms with Crippen molar-refractivity contribution < 1.29 is 22.8 Å². The van der Waals surface area contributed by atoms with Gasteiger partial charge in [0.1, 0.15) is 11.4 Å². The average Bonchev–Trinajstić information content (AvgIpc) is 3.07. The van der Waals surface area contributed by atoms with Crippen LogP contribution in [0.1, 0.15) is 18.1 Å². The van der Waals surface area contributed by atoms with Crippen LogP contribution in [0.15, 0.2) is 60.8 Å². The molecule has 3 amide bonds. The van der Waals surface area contributed by atoms with Crippen LogP contribution in [-0.4, -0.2) is 59.6 Å². The predicted octanol–water partition coefficient (Wildman–Crippen LogP) is 3.80. The van der Waals surface area contributed by atoms with Gasteiger partial charge in [0, 0.05) is 32.4 Å². The van der Waals surface area contributed by atoms with Crippen LogP contribution >= 0.6 is 0 Å². The standard InChI is InChI=1S/C25H24F3N5O2/c1-24(19-7-6-17-4-2-3-5-18(17)14-19)22(34)33(23(35)30-24)16-31-10-12-32(13-11-31)21-9-8-20(15-29-21)25(26,27)28/h2-9,14-15H,10-13,16H2,1H3,(H,30,35)/t24-/m0/s1. The van der Waals surface area contributed by atoms with Gasteiger partial charge in [0.2, 0.25) is 0 Å². The lowest BCUT2D eigenvalue weighted by Gasteiger charge is -2.36. The summed E-state index contributed by atoms with van der Waals surface area (Å²) >= 11 is 0. The van der Waals surface area contributed by atoms with Crippen molar-refractivity contribution in [3.05, 3.63) is 71.9 Å². The van der Waals surface area contributed by atoms with E-state index in [2.05, 4.69) is 10.3 Å². The predicted molar refractivity (Wildman–Crippen MR) is 125 cm³/mol. The Hall–Kier alpha value is -3.66. The second-order valence-corrected chi connectivity index (χ2v) is 9.00. The summed E-state index contributed by atoms with van der Waals surface area (Å²) in [7, 11) is 0. The molecule has 2 aliphatic rings. The topological polar surface area (TPSA) is 68.8 Å². The third kappa shape index (κ3) is 4.29. The lowest BCUT2D eigenvalue weighted by molar-refractivity contribution is -0.137. The van der Waals surface area contributed by atoms with Crippen molar-refractivity contribution >= 4 is 28.5 Å². The summed E-state index contributed by atoms with van der Waals surface area (Å²) in [5.74, 6) is 0.154. The molecule has 3 aromatic rings. The number of carbonyl (C=O) groups is 2. The summed E-state index contributed by atoms with van der Waals surface area (Å²) in [4.78, 5) is 35.2. The Balaban J connectivity index is 1.24. The highest BCUT2D eigenvalue weighted by molar-refractivity contribution is 6.07. The molecule has 2 aromatic carbocycles. The van der Waals surface area contributed by atoms with Gasteiger partial charge in [-0.1, -0.05) is 36.4 Å². The molecular formula is C25H24F3N5O2. The third-order valence-electron chi connectivity index (χ3n) is 6.71. The van der Waals surface area contributed by atoms with E-state index in [4.69, 9.17) is 0 Å². The van der Waals surface area contributed by atoms with Crippen LogP contribution in [0.25, 0.3) is 10.8 Å². The van der Waals surface area contributed by atoms with E-state index in [0.29, 0.717) is 32.0 Å². The van der Waals surface area contributed by atoms with Gasteiger partial charge in [0.15, 0.2) is 0 Å². The molecule has 0 saturated carbocycles. The number of imide groups is 1. The summed E-state index contributed by atoms with van der Waals surface area (Å²) in [6, 6.07) is 15.5. The number of anilines is 1. The summed E-state index contributed by atoms with van der Waals surface area (Å²) in [5.41, 5.74) is -1.23. The highest BCUT2D eigenvalue weighted by Crippen LogP contribution is 2.32. The maximum Gasteiger partial charge on any atom is 0.417 e. The zero-order chi connectivity index (χ0) is 24.8. The summed E-state index contributed by atoms with van der Waals surface area (Å²) < 4.78 is 38.3. The van der Waals surface area contributed by atoms with Crippen molar-refractivity contribution in [2.45, 2.75) is 18.6 Å². The van der Waals surface area contributed by atoms with Crippen molar-refractivity contribution in [1.82, 2.24) is 20.1 Å². The Morgan fingerprint density at radius 1 is 0.971 bits per heavy atom. The molecule has 2 fully saturated rings. The summed E-state index contributed by atoms with van der Waals surface area (Å²) in [6.45, 7) is 3.96. The summed E-state index contributed by atoms with van der Waals surface area (Å²) in [5, 5.41) is 4.89. The van der Waals surface area contributed by atoms with Gasteiger partial charge in [0.05, 0.1) is 12.2 Å². The molecule has 35 heavy (non-hydrogen) atoms. The van der Waals surface area contributed by atoms with E-state index in [0.717, 1.165) is 28.6 Å². The molecule has 0 radical (unpaired) electrons. The number of hydrogen-bond acceptors (Lipinski definition) is 5. The van der Waals surface area contributed by atoms with Gasteiger partial charge in [-0.05, 0) is 41.5 Å². The number of nitrogens with one attached hydrogen (secondary N) is 1. The Labute approximate surface area is 200 Å². The molecule has 2 saturated heterocycles. The normalized spacial score (nSPS) is 21.6. The van der Waals surface area contributed by atoms with Crippen molar-refractivity contribution in [3.8, 4) is 0 Å². The average molecular weight is 483 g/mol. The number of benzene rings is 2. The van der Waals surface area contributed by atoms with Crippen molar-refractivity contribution in [2.75, 3.05) is 37.7 Å². The van der Waals surface area contributed by atoms with E-state index in [1.54, 1.807) is 6.92 Å². The van der Waals surface area contributed by atoms with E-state index in [1.807, 2.05) is 52.3 Å². The Morgan fingerprint density at radius 3 is 2.34 bits per heavy atom. The fourth-order valence-electron chi connectivity index (χ4n) is 4.58. The second kappa shape index (κ2) is 8.53. The molecule has 0 unspecified atom stereocenters. The number of urea groups is 1. The number of amides is 3. The largest absolute Gasteiger partial charge is 0.417 e. The van der Waals surface area contributed by atoms with Crippen molar-refractivity contribution in [3.63, 3.8) is 0 Å². The number of carbonyl (C=O) groups excluding carboxylic acids is 2. The third-order valence-corrected chi connectivity index (χ3v) is 6.71. The van der Waals surface area contributed by atoms with Crippen LogP contribution in [0.3, 0.4) is 0 Å². The quantitative estimate of drug-likeness (QED) is 0.572. The van der Waals surface area contributed by atoms with Crippen molar-refractivity contribution in [1.29, 1.82) is 0 Å². The molecule has 0 spiro atoms. The highest BCUT2D eigenvalue weighted by atomic mass is 19.4.